The summed E-state index contributed by atoms with van der Waals surface area (Å²) >= 11 is 0. The molecule has 0 saturated heterocycles. The molecule has 0 amide bonds. The molecule has 0 aromatic heterocycles. The molecule has 3 heteroatoms. The molecule has 8 heavy (non-hydrogen) atoms. The standard InChI is InChI=1S/C5H9F2N/c1-2-3-4(8)5(6)7/h2,4-5H,1,3,8H2. The minimum Gasteiger partial charge on any atom is -0.323 e. The topological polar surface area (TPSA) is 26.0 Å². The third-order valence-corrected chi connectivity index (χ3v) is 0.762. The van der Waals surface area contributed by atoms with E-state index in [-0.39, 0.29) is 6.42 Å². The lowest BCUT2D eigenvalue weighted by Crippen LogP contribution is -2.27. The van der Waals surface area contributed by atoms with E-state index in [2.05, 4.69) is 6.58 Å². The lowest BCUT2D eigenvalue weighted by Gasteiger charge is -2.04. The molecule has 1 nitrogen and oxygen atoms in total. The van der Waals surface area contributed by atoms with Gasteiger partial charge in [0.05, 0.1) is 6.04 Å². The van der Waals surface area contributed by atoms with E-state index >= 15 is 0 Å². The zero-order valence-corrected chi connectivity index (χ0v) is 4.48. The van der Waals surface area contributed by atoms with Gasteiger partial charge in [-0.3, -0.25) is 0 Å². The Morgan fingerprint density at radius 2 is 2.12 bits per heavy atom. The summed E-state index contributed by atoms with van der Waals surface area (Å²) in [6.07, 6.45) is -0.859. The van der Waals surface area contributed by atoms with Crippen LogP contribution in [0.4, 0.5) is 8.78 Å². The molecule has 2 N–H and O–H groups in total. The number of hydrogen-bond donors (Lipinski definition) is 1. The Morgan fingerprint density at radius 3 is 2.25 bits per heavy atom. The average Bonchev–Trinajstić information content (AvgIpc) is 1.67. The summed E-state index contributed by atoms with van der Waals surface area (Å²) in [5.74, 6) is 0. The highest BCUT2D eigenvalue weighted by Crippen LogP contribution is 2.01. The van der Waals surface area contributed by atoms with Gasteiger partial charge < -0.3 is 5.73 Å². The van der Waals surface area contributed by atoms with Gasteiger partial charge in [0.15, 0.2) is 0 Å². The molecule has 1 atom stereocenters. The van der Waals surface area contributed by atoms with E-state index in [9.17, 15) is 8.78 Å². The summed E-state index contributed by atoms with van der Waals surface area (Å²) in [5.41, 5.74) is 4.91. The molecule has 0 heterocycles. The number of rotatable bonds is 3. The van der Waals surface area contributed by atoms with Gasteiger partial charge in [0, 0.05) is 0 Å². The van der Waals surface area contributed by atoms with Crippen molar-refractivity contribution in [1.29, 1.82) is 0 Å². The van der Waals surface area contributed by atoms with Crippen molar-refractivity contribution in [1.82, 2.24) is 0 Å². The lowest BCUT2D eigenvalue weighted by molar-refractivity contribution is 0.117. The maximum Gasteiger partial charge on any atom is 0.253 e. The second kappa shape index (κ2) is 3.55. The molecule has 0 aromatic rings. The largest absolute Gasteiger partial charge is 0.323 e. The molecule has 0 aliphatic rings. The van der Waals surface area contributed by atoms with Crippen LogP contribution >= 0.6 is 0 Å². The summed E-state index contributed by atoms with van der Waals surface area (Å²) in [7, 11) is 0. The van der Waals surface area contributed by atoms with Crippen LogP contribution in [-0.2, 0) is 0 Å². The highest BCUT2D eigenvalue weighted by Gasteiger charge is 2.11. The van der Waals surface area contributed by atoms with E-state index < -0.39 is 12.5 Å². The van der Waals surface area contributed by atoms with Crippen molar-refractivity contribution in [2.75, 3.05) is 0 Å². The van der Waals surface area contributed by atoms with Crippen LogP contribution in [0.5, 0.6) is 0 Å². The highest BCUT2D eigenvalue weighted by atomic mass is 19.3. The molecule has 48 valence electrons. The maximum atomic E-state index is 11.4. The Morgan fingerprint density at radius 1 is 1.62 bits per heavy atom. The zero-order chi connectivity index (χ0) is 6.57. The average molecular weight is 121 g/mol. The quantitative estimate of drug-likeness (QED) is 0.557. The van der Waals surface area contributed by atoms with Crippen LogP contribution in [0.1, 0.15) is 6.42 Å². The predicted octanol–water partition coefficient (Wildman–Crippen LogP) is 1.15. The van der Waals surface area contributed by atoms with Crippen LogP contribution in [0.15, 0.2) is 12.7 Å². The van der Waals surface area contributed by atoms with Gasteiger partial charge in [-0.05, 0) is 6.42 Å². The van der Waals surface area contributed by atoms with Gasteiger partial charge in [-0.2, -0.15) is 0 Å². The molecule has 0 fully saturated rings. The van der Waals surface area contributed by atoms with Crippen LogP contribution in [0.2, 0.25) is 0 Å². The Bertz CT molecular complexity index is 72.8. The fourth-order valence-corrected chi connectivity index (χ4v) is 0.295. The molecule has 0 radical (unpaired) electrons. The Balaban J connectivity index is 3.30. The molecular formula is C5H9F2N. The fraction of sp³-hybridized carbons (Fsp3) is 0.600. The third-order valence-electron chi connectivity index (χ3n) is 0.762. The normalized spacial score (nSPS) is 14.0. The molecule has 0 aromatic carbocycles. The fourth-order valence-electron chi connectivity index (χ4n) is 0.295. The summed E-state index contributed by atoms with van der Waals surface area (Å²) < 4.78 is 22.9. The molecule has 0 bridgehead atoms. The zero-order valence-electron chi connectivity index (χ0n) is 4.48. The number of nitrogens with two attached hydrogens (primary N) is 1. The Labute approximate surface area is 47.2 Å². The number of alkyl halides is 2. The summed E-state index contributed by atoms with van der Waals surface area (Å²) in [6, 6.07) is -1.03. The van der Waals surface area contributed by atoms with Crippen molar-refractivity contribution in [3.8, 4) is 0 Å². The minimum atomic E-state index is -2.42. The van der Waals surface area contributed by atoms with E-state index in [4.69, 9.17) is 5.73 Å². The molecule has 0 spiro atoms. The molecule has 0 aliphatic heterocycles. The first-order valence-electron chi connectivity index (χ1n) is 2.33. The van der Waals surface area contributed by atoms with E-state index in [0.717, 1.165) is 0 Å². The summed E-state index contributed by atoms with van der Waals surface area (Å²) in [6.45, 7) is 3.27. The van der Waals surface area contributed by atoms with Crippen LogP contribution in [0.3, 0.4) is 0 Å². The van der Waals surface area contributed by atoms with Crippen molar-refractivity contribution in [2.45, 2.75) is 18.9 Å². The van der Waals surface area contributed by atoms with Crippen LogP contribution in [0, 0.1) is 0 Å². The maximum absolute atomic E-state index is 11.4. The van der Waals surface area contributed by atoms with Gasteiger partial charge in [0.25, 0.3) is 6.43 Å². The van der Waals surface area contributed by atoms with Crippen LogP contribution in [-0.4, -0.2) is 12.5 Å². The SMILES string of the molecule is C=CCC(N)C(F)F. The highest BCUT2D eigenvalue weighted by molar-refractivity contribution is 4.76. The Kier molecular flexibility index (Phi) is 3.35. The van der Waals surface area contributed by atoms with Crippen molar-refractivity contribution >= 4 is 0 Å². The van der Waals surface area contributed by atoms with E-state index in [1.807, 2.05) is 0 Å². The number of hydrogen-bond acceptors (Lipinski definition) is 1. The smallest absolute Gasteiger partial charge is 0.253 e. The molecule has 0 saturated carbocycles. The van der Waals surface area contributed by atoms with Gasteiger partial charge in [-0.25, -0.2) is 8.78 Å². The van der Waals surface area contributed by atoms with Crippen molar-refractivity contribution in [2.24, 2.45) is 5.73 Å². The molecular weight excluding hydrogens is 112 g/mol. The number of halogens is 2. The van der Waals surface area contributed by atoms with E-state index in [0.29, 0.717) is 0 Å². The van der Waals surface area contributed by atoms with Gasteiger partial charge >= 0.3 is 0 Å². The Hall–Kier alpha value is -0.440. The van der Waals surface area contributed by atoms with Crippen LogP contribution < -0.4 is 5.73 Å². The molecule has 0 rings (SSSR count). The molecule has 1 unspecified atom stereocenters. The molecule has 0 aliphatic carbocycles. The van der Waals surface area contributed by atoms with Gasteiger partial charge in [-0.15, -0.1) is 6.58 Å². The monoisotopic (exact) mass is 121 g/mol. The van der Waals surface area contributed by atoms with Crippen LogP contribution in [0.25, 0.3) is 0 Å². The first-order valence-corrected chi connectivity index (χ1v) is 2.33. The minimum absolute atomic E-state index is 0.178. The van der Waals surface area contributed by atoms with Gasteiger partial charge in [-0.1, -0.05) is 6.08 Å². The van der Waals surface area contributed by atoms with Gasteiger partial charge in [0.2, 0.25) is 0 Å². The van der Waals surface area contributed by atoms with Crippen molar-refractivity contribution in [3.05, 3.63) is 12.7 Å². The first-order chi connectivity index (χ1) is 3.68. The second-order valence-electron chi connectivity index (χ2n) is 1.52. The van der Waals surface area contributed by atoms with Gasteiger partial charge in [0.1, 0.15) is 0 Å². The first kappa shape index (κ1) is 7.56. The van der Waals surface area contributed by atoms with E-state index in [1.165, 1.54) is 6.08 Å². The predicted molar refractivity (Wildman–Crippen MR) is 28.8 cm³/mol. The van der Waals surface area contributed by atoms with Crippen molar-refractivity contribution < 1.29 is 8.78 Å². The summed E-state index contributed by atoms with van der Waals surface area (Å²) in [4.78, 5) is 0. The third kappa shape index (κ3) is 2.69. The van der Waals surface area contributed by atoms with Crippen molar-refractivity contribution in [3.63, 3.8) is 0 Å². The summed E-state index contributed by atoms with van der Waals surface area (Å²) in [5, 5.41) is 0. The lowest BCUT2D eigenvalue weighted by atomic mass is 10.2. The second-order valence-corrected chi connectivity index (χ2v) is 1.52. The van der Waals surface area contributed by atoms with E-state index in [1.54, 1.807) is 0 Å².